The van der Waals surface area contributed by atoms with E-state index >= 15 is 0 Å². The van der Waals surface area contributed by atoms with Gasteiger partial charge >= 0.3 is 0 Å². The van der Waals surface area contributed by atoms with Gasteiger partial charge in [-0.25, -0.2) is 9.97 Å². The number of hydrogen-bond acceptors (Lipinski definition) is 6. The Bertz CT molecular complexity index is 1400. The van der Waals surface area contributed by atoms with Gasteiger partial charge in [-0.1, -0.05) is 54.1 Å². The number of fused-ring (bicyclic) bond motifs is 1. The van der Waals surface area contributed by atoms with Crippen molar-refractivity contribution < 1.29 is 0 Å². The Morgan fingerprint density at radius 2 is 1.68 bits per heavy atom. The predicted octanol–water partition coefficient (Wildman–Crippen LogP) is 5.04. The van der Waals surface area contributed by atoms with Crippen LogP contribution < -0.4 is 11.1 Å². The summed E-state index contributed by atoms with van der Waals surface area (Å²) < 4.78 is 0. The molecule has 0 bridgehead atoms. The molecule has 1 atom stereocenters. The highest BCUT2D eigenvalue weighted by atomic mass is 15.0. The normalized spacial score (nSPS) is 11.9. The number of rotatable bonds is 7. The van der Waals surface area contributed by atoms with Crippen molar-refractivity contribution in [2.45, 2.75) is 19.4 Å². The zero-order valence-electron chi connectivity index (χ0n) is 19.0. The van der Waals surface area contributed by atoms with Crippen LogP contribution in [0.5, 0.6) is 0 Å². The molecule has 3 aromatic heterocycles. The average molecular weight is 447 g/mol. The second kappa shape index (κ2) is 9.77. The van der Waals surface area contributed by atoms with Crippen LogP contribution in [0.25, 0.3) is 33.5 Å². The molecule has 5 rings (SSSR count). The maximum atomic E-state index is 6.46. The van der Waals surface area contributed by atoms with Crippen molar-refractivity contribution in [1.29, 1.82) is 0 Å². The predicted molar refractivity (Wildman–Crippen MR) is 137 cm³/mol. The van der Waals surface area contributed by atoms with Gasteiger partial charge in [0, 0.05) is 47.7 Å². The molecule has 0 saturated heterocycles. The van der Waals surface area contributed by atoms with Crippen LogP contribution >= 0.6 is 0 Å². The summed E-state index contributed by atoms with van der Waals surface area (Å²) in [4.78, 5) is 18.6. The molecule has 168 valence electrons. The minimum Gasteiger partial charge on any atom is -0.368 e. The molecule has 0 aliphatic rings. The monoisotopic (exact) mass is 446 g/mol. The quantitative estimate of drug-likeness (QED) is 0.364. The lowest BCUT2D eigenvalue weighted by Gasteiger charge is -2.16. The number of nitrogens with zero attached hydrogens (tertiary/aromatic N) is 4. The van der Waals surface area contributed by atoms with Crippen LogP contribution in [0.1, 0.15) is 11.1 Å². The number of hydrogen-bond donors (Lipinski definition) is 2. The van der Waals surface area contributed by atoms with E-state index in [1.54, 1.807) is 12.4 Å². The van der Waals surface area contributed by atoms with Crippen LogP contribution in [-0.4, -0.2) is 32.5 Å². The summed E-state index contributed by atoms with van der Waals surface area (Å²) in [6.45, 7) is 2.66. The molecule has 2 aromatic carbocycles. The largest absolute Gasteiger partial charge is 0.368 e. The van der Waals surface area contributed by atoms with Gasteiger partial charge in [0.05, 0.1) is 5.69 Å². The highest BCUT2D eigenvalue weighted by Crippen LogP contribution is 2.31. The summed E-state index contributed by atoms with van der Waals surface area (Å²) in [5, 5.41) is 4.40. The summed E-state index contributed by atoms with van der Waals surface area (Å²) >= 11 is 0. The van der Waals surface area contributed by atoms with Gasteiger partial charge in [0.15, 0.2) is 5.82 Å². The van der Waals surface area contributed by atoms with Crippen molar-refractivity contribution >= 4 is 16.7 Å². The summed E-state index contributed by atoms with van der Waals surface area (Å²) in [6.07, 6.45) is 6.08. The molecule has 6 heteroatoms. The fourth-order valence-corrected chi connectivity index (χ4v) is 4.04. The molecule has 5 aromatic rings. The molecule has 0 aliphatic carbocycles. The number of nitrogens with two attached hydrogens (primary N) is 1. The summed E-state index contributed by atoms with van der Waals surface area (Å²) in [5.41, 5.74) is 12.4. The van der Waals surface area contributed by atoms with E-state index in [-0.39, 0.29) is 6.04 Å². The first-order valence-electron chi connectivity index (χ1n) is 11.3. The Balaban J connectivity index is 1.55. The number of pyridine rings is 2. The Morgan fingerprint density at radius 3 is 2.47 bits per heavy atom. The van der Waals surface area contributed by atoms with Gasteiger partial charge in [-0.15, -0.1) is 0 Å². The van der Waals surface area contributed by atoms with Crippen molar-refractivity contribution in [1.82, 2.24) is 19.9 Å². The second-order valence-corrected chi connectivity index (χ2v) is 8.39. The van der Waals surface area contributed by atoms with Crippen molar-refractivity contribution in [3.8, 4) is 22.6 Å². The summed E-state index contributed by atoms with van der Waals surface area (Å²) in [5.74, 6) is 1.37. The highest BCUT2D eigenvalue weighted by molar-refractivity contribution is 5.98. The molecule has 34 heavy (non-hydrogen) atoms. The van der Waals surface area contributed by atoms with Crippen LogP contribution in [0.4, 0.5) is 5.82 Å². The van der Waals surface area contributed by atoms with Crippen LogP contribution in [-0.2, 0) is 6.42 Å². The molecule has 0 spiro atoms. The van der Waals surface area contributed by atoms with Crippen molar-refractivity contribution in [3.05, 3.63) is 103 Å². The molecule has 0 saturated carbocycles. The lowest BCUT2D eigenvalue weighted by molar-refractivity contribution is 0.698. The summed E-state index contributed by atoms with van der Waals surface area (Å²) in [7, 11) is 0. The fraction of sp³-hybridized carbons (Fsp3) is 0.143. The number of nitrogens with one attached hydrogen (secondary N) is 1. The molecule has 3 heterocycles. The molecule has 6 nitrogen and oxygen atoms in total. The van der Waals surface area contributed by atoms with Gasteiger partial charge in [0.2, 0.25) is 0 Å². The first-order valence-corrected chi connectivity index (χ1v) is 11.3. The molecule has 0 fully saturated rings. The van der Waals surface area contributed by atoms with Gasteiger partial charge in [-0.2, -0.15) is 0 Å². The summed E-state index contributed by atoms with van der Waals surface area (Å²) in [6, 6.07) is 24.3. The molecule has 0 aliphatic heterocycles. The smallest absolute Gasteiger partial charge is 0.162 e. The second-order valence-electron chi connectivity index (χ2n) is 8.39. The molecule has 3 N–H and O–H groups in total. The molecule has 1 unspecified atom stereocenters. The third-order valence-electron chi connectivity index (χ3n) is 5.72. The molecular formula is C28H26N6. The lowest BCUT2D eigenvalue weighted by Crippen LogP contribution is -2.31. The van der Waals surface area contributed by atoms with E-state index in [1.165, 1.54) is 11.1 Å². The Hall–Kier alpha value is -4.16. The first-order chi connectivity index (χ1) is 16.7. The fourth-order valence-electron chi connectivity index (χ4n) is 4.04. The van der Waals surface area contributed by atoms with E-state index in [9.17, 15) is 0 Å². The number of aryl methyl sites for hydroxylation is 1. The van der Waals surface area contributed by atoms with Crippen molar-refractivity contribution in [2.24, 2.45) is 5.73 Å². The van der Waals surface area contributed by atoms with Gasteiger partial charge in [0.1, 0.15) is 11.3 Å². The van der Waals surface area contributed by atoms with Crippen molar-refractivity contribution in [2.75, 3.05) is 11.9 Å². The molecule has 0 radical (unpaired) electrons. The van der Waals surface area contributed by atoms with Crippen LogP contribution in [0.3, 0.4) is 0 Å². The van der Waals surface area contributed by atoms with E-state index in [0.717, 1.165) is 40.0 Å². The average Bonchev–Trinajstić information content (AvgIpc) is 2.88. The Kier molecular flexibility index (Phi) is 6.23. The topological polar surface area (TPSA) is 89.6 Å². The zero-order chi connectivity index (χ0) is 23.3. The van der Waals surface area contributed by atoms with Gasteiger partial charge in [-0.05, 0) is 43.2 Å². The zero-order valence-corrected chi connectivity index (χ0v) is 19.0. The number of anilines is 1. The van der Waals surface area contributed by atoms with Crippen LogP contribution in [0.2, 0.25) is 0 Å². The Labute approximate surface area is 199 Å². The minimum atomic E-state index is -0.0603. The van der Waals surface area contributed by atoms with Gasteiger partial charge < -0.3 is 11.1 Å². The first kappa shape index (κ1) is 21.7. The third-order valence-corrected chi connectivity index (χ3v) is 5.72. The van der Waals surface area contributed by atoms with E-state index in [1.807, 2.05) is 48.7 Å². The lowest BCUT2D eigenvalue weighted by atomic mass is 10.1. The van der Waals surface area contributed by atoms with Gasteiger partial charge in [0.25, 0.3) is 0 Å². The van der Waals surface area contributed by atoms with E-state index in [0.29, 0.717) is 12.4 Å². The third kappa shape index (κ3) is 4.77. The van der Waals surface area contributed by atoms with Crippen LogP contribution in [0.15, 0.2) is 91.4 Å². The Morgan fingerprint density at radius 1 is 0.853 bits per heavy atom. The maximum Gasteiger partial charge on any atom is 0.162 e. The van der Waals surface area contributed by atoms with Gasteiger partial charge in [-0.3, -0.25) is 9.97 Å². The van der Waals surface area contributed by atoms with Crippen LogP contribution in [0, 0.1) is 6.92 Å². The molecular weight excluding hydrogens is 420 g/mol. The minimum absolute atomic E-state index is 0.0603. The van der Waals surface area contributed by atoms with Crippen molar-refractivity contribution in [3.63, 3.8) is 0 Å². The number of benzene rings is 2. The SMILES string of the molecule is Cc1cccc(-c2nccc3c(NCC(N)Cc4ccccc4)nc(-c4ccncc4)nc23)c1. The van der Waals surface area contributed by atoms with E-state index in [2.05, 4.69) is 47.6 Å². The molecule has 0 amide bonds. The standard InChI is InChI=1S/C28H26N6/c1-19-6-5-9-22(16-19)25-26-24(12-15-31-25)28(34-27(33-26)21-10-13-30-14-11-21)32-18-23(29)17-20-7-3-2-4-8-20/h2-16,23H,17-18,29H2,1H3,(H,32,33,34). The highest BCUT2D eigenvalue weighted by Gasteiger charge is 2.15. The van der Waals surface area contributed by atoms with E-state index < -0.39 is 0 Å². The number of aromatic nitrogens is 4. The van der Waals surface area contributed by atoms with E-state index in [4.69, 9.17) is 20.7 Å². The maximum absolute atomic E-state index is 6.46.